The maximum absolute atomic E-state index is 13.0. The summed E-state index contributed by atoms with van der Waals surface area (Å²) in [5, 5.41) is 3.99. The highest BCUT2D eigenvalue weighted by Gasteiger charge is 2.33. The quantitative estimate of drug-likeness (QED) is 0.702. The normalized spacial score (nSPS) is 17.0. The van der Waals surface area contributed by atoms with Crippen molar-refractivity contribution in [2.24, 2.45) is 0 Å². The Balaban J connectivity index is 1.68. The number of carbonyl (C=O) groups excluding carboxylic acids is 1. The molecule has 1 unspecified atom stereocenters. The largest absolute Gasteiger partial charge is 0.361 e. The molecule has 0 aromatic carbocycles. The van der Waals surface area contributed by atoms with Crippen LogP contribution in [0.3, 0.4) is 0 Å². The topological polar surface area (TPSA) is 85.0 Å². The van der Waals surface area contributed by atoms with Gasteiger partial charge in [-0.1, -0.05) is 5.16 Å². The molecule has 3 aromatic rings. The Morgan fingerprint density at radius 2 is 2.12 bits per heavy atom. The summed E-state index contributed by atoms with van der Waals surface area (Å²) >= 11 is 1.39. The summed E-state index contributed by atoms with van der Waals surface area (Å²) < 4.78 is 5.25. The van der Waals surface area contributed by atoms with Gasteiger partial charge < -0.3 is 9.42 Å². The van der Waals surface area contributed by atoms with E-state index in [-0.39, 0.29) is 11.9 Å². The molecule has 1 saturated heterocycles. The fourth-order valence-corrected chi connectivity index (χ4v) is 4.22. The molecule has 1 aliphatic heterocycles. The molecule has 0 spiro atoms. The fraction of sp³-hybridized carbons (Fsp3) is 0.389. The van der Waals surface area contributed by atoms with Crippen LogP contribution in [0.1, 0.15) is 51.4 Å². The molecule has 1 aliphatic rings. The maximum Gasteiger partial charge on any atom is 0.266 e. The first-order valence-electron chi connectivity index (χ1n) is 8.52. The minimum absolute atomic E-state index is 0.0250. The van der Waals surface area contributed by atoms with E-state index in [0.29, 0.717) is 10.6 Å². The lowest BCUT2D eigenvalue weighted by Crippen LogP contribution is -2.31. The molecule has 1 fully saturated rings. The van der Waals surface area contributed by atoms with Gasteiger partial charge in [-0.05, 0) is 33.6 Å². The predicted molar refractivity (Wildman–Crippen MR) is 96.9 cm³/mol. The monoisotopic (exact) mass is 369 g/mol. The first-order chi connectivity index (χ1) is 12.6. The van der Waals surface area contributed by atoms with Gasteiger partial charge in [0, 0.05) is 6.54 Å². The summed E-state index contributed by atoms with van der Waals surface area (Å²) in [6.45, 7) is 6.34. The lowest BCUT2D eigenvalue weighted by Gasteiger charge is -2.24. The van der Waals surface area contributed by atoms with Gasteiger partial charge in [-0.25, -0.2) is 9.97 Å². The van der Waals surface area contributed by atoms with Crippen LogP contribution in [0.15, 0.2) is 22.4 Å². The molecule has 4 rings (SSSR count). The molecule has 0 saturated carbocycles. The lowest BCUT2D eigenvalue weighted by molar-refractivity contribution is 0.0736. The van der Waals surface area contributed by atoms with E-state index in [1.165, 1.54) is 11.3 Å². The predicted octanol–water partition coefficient (Wildman–Crippen LogP) is 3.49. The summed E-state index contributed by atoms with van der Waals surface area (Å²) in [7, 11) is 0. The number of aromatic nitrogens is 4. The first kappa shape index (κ1) is 16.8. The molecule has 1 atom stereocenters. The second-order valence-corrected chi connectivity index (χ2v) is 7.31. The van der Waals surface area contributed by atoms with Crippen LogP contribution in [0.5, 0.6) is 0 Å². The molecule has 1 amide bonds. The number of nitrogens with zero attached hydrogens (tertiary/aromatic N) is 5. The standard InChI is InChI=1S/C18H19N5O2S/c1-10-16(12(3)25-22-10)14-8-19-7-13(21-14)15-5-4-6-23(15)18(24)17-11(2)20-9-26-17/h7-9,15H,4-6H2,1-3H3. The van der Waals surface area contributed by atoms with Crippen LogP contribution in [-0.4, -0.2) is 37.5 Å². The zero-order valence-electron chi connectivity index (χ0n) is 14.9. The van der Waals surface area contributed by atoms with Crippen molar-refractivity contribution in [3.05, 3.63) is 45.6 Å². The Morgan fingerprint density at radius 3 is 2.81 bits per heavy atom. The van der Waals surface area contributed by atoms with Crippen LogP contribution in [0, 0.1) is 20.8 Å². The third-order valence-corrected chi connectivity index (χ3v) is 5.65. The van der Waals surface area contributed by atoms with Crippen molar-refractivity contribution in [2.45, 2.75) is 39.7 Å². The summed E-state index contributed by atoms with van der Waals surface area (Å²) in [5.41, 5.74) is 5.68. The minimum atomic E-state index is -0.0723. The third kappa shape index (κ3) is 2.80. The number of carbonyl (C=O) groups is 1. The number of hydrogen-bond donors (Lipinski definition) is 0. The van der Waals surface area contributed by atoms with E-state index in [0.717, 1.165) is 47.7 Å². The second kappa shape index (κ2) is 6.60. The van der Waals surface area contributed by atoms with Crippen molar-refractivity contribution < 1.29 is 9.32 Å². The number of amides is 1. The molecule has 0 bridgehead atoms. The molecular weight excluding hydrogens is 350 g/mol. The van der Waals surface area contributed by atoms with Gasteiger partial charge in [0.15, 0.2) is 0 Å². The molecular formula is C18H19N5O2S. The summed E-state index contributed by atoms with van der Waals surface area (Å²) in [6, 6.07) is -0.0723. The highest BCUT2D eigenvalue weighted by Crippen LogP contribution is 2.34. The molecule has 4 heterocycles. The zero-order chi connectivity index (χ0) is 18.3. The van der Waals surface area contributed by atoms with E-state index in [2.05, 4.69) is 15.1 Å². The van der Waals surface area contributed by atoms with E-state index in [1.807, 2.05) is 25.7 Å². The number of thiazole rings is 1. The van der Waals surface area contributed by atoms with Gasteiger partial charge in [0.2, 0.25) is 0 Å². The van der Waals surface area contributed by atoms with Crippen LogP contribution in [0.2, 0.25) is 0 Å². The minimum Gasteiger partial charge on any atom is -0.361 e. The first-order valence-corrected chi connectivity index (χ1v) is 9.40. The smallest absolute Gasteiger partial charge is 0.266 e. The van der Waals surface area contributed by atoms with E-state index in [1.54, 1.807) is 17.9 Å². The van der Waals surface area contributed by atoms with Crippen LogP contribution in [-0.2, 0) is 0 Å². The Kier molecular flexibility index (Phi) is 4.28. The molecule has 7 nitrogen and oxygen atoms in total. The van der Waals surface area contributed by atoms with Crippen molar-refractivity contribution >= 4 is 17.2 Å². The second-order valence-electron chi connectivity index (χ2n) is 6.45. The Labute approximate surface area is 155 Å². The Bertz CT molecular complexity index is 945. The SMILES string of the molecule is Cc1ncsc1C(=O)N1CCCC1c1cncc(-c2c(C)noc2C)n1. The Hall–Kier alpha value is -2.61. The van der Waals surface area contributed by atoms with Gasteiger partial charge in [0.1, 0.15) is 10.6 Å². The molecule has 3 aromatic heterocycles. The number of likely N-dealkylation sites (tertiary alicyclic amines) is 1. The molecule has 0 N–H and O–H groups in total. The third-order valence-electron chi connectivity index (χ3n) is 4.74. The highest BCUT2D eigenvalue weighted by atomic mass is 32.1. The summed E-state index contributed by atoms with van der Waals surface area (Å²) in [5.74, 6) is 0.741. The van der Waals surface area contributed by atoms with Crippen molar-refractivity contribution in [1.82, 2.24) is 25.0 Å². The van der Waals surface area contributed by atoms with Gasteiger partial charge >= 0.3 is 0 Å². The summed E-state index contributed by atoms with van der Waals surface area (Å²) in [4.78, 5) is 28.9. The molecule has 26 heavy (non-hydrogen) atoms. The van der Waals surface area contributed by atoms with Crippen molar-refractivity contribution in [3.63, 3.8) is 0 Å². The van der Waals surface area contributed by atoms with E-state index < -0.39 is 0 Å². The Morgan fingerprint density at radius 1 is 1.27 bits per heavy atom. The van der Waals surface area contributed by atoms with Crippen molar-refractivity contribution in [2.75, 3.05) is 6.54 Å². The number of aryl methyl sites for hydroxylation is 3. The highest BCUT2D eigenvalue weighted by molar-refractivity contribution is 7.11. The molecule has 0 radical (unpaired) electrons. The van der Waals surface area contributed by atoms with Crippen molar-refractivity contribution in [1.29, 1.82) is 0 Å². The average Bonchev–Trinajstić information content (AvgIpc) is 3.35. The average molecular weight is 369 g/mol. The van der Waals surface area contributed by atoms with Crippen LogP contribution in [0.25, 0.3) is 11.3 Å². The van der Waals surface area contributed by atoms with Gasteiger partial charge in [0.25, 0.3) is 5.91 Å². The summed E-state index contributed by atoms with van der Waals surface area (Å²) in [6.07, 6.45) is 5.29. The zero-order valence-corrected chi connectivity index (χ0v) is 15.7. The van der Waals surface area contributed by atoms with Gasteiger partial charge in [0.05, 0.1) is 52.3 Å². The number of rotatable bonds is 3. The van der Waals surface area contributed by atoms with Gasteiger partial charge in [-0.3, -0.25) is 9.78 Å². The van der Waals surface area contributed by atoms with E-state index in [9.17, 15) is 4.79 Å². The fourth-order valence-electron chi connectivity index (χ4n) is 3.47. The molecule has 134 valence electrons. The van der Waals surface area contributed by atoms with Crippen LogP contribution in [0.4, 0.5) is 0 Å². The van der Waals surface area contributed by atoms with Crippen LogP contribution < -0.4 is 0 Å². The lowest BCUT2D eigenvalue weighted by atomic mass is 10.1. The van der Waals surface area contributed by atoms with Crippen molar-refractivity contribution in [3.8, 4) is 11.3 Å². The van der Waals surface area contributed by atoms with Crippen LogP contribution >= 0.6 is 11.3 Å². The van der Waals surface area contributed by atoms with E-state index in [4.69, 9.17) is 9.51 Å². The molecule has 0 aliphatic carbocycles. The van der Waals surface area contributed by atoms with Gasteiger partial charge in [-0.15, -0.1) is 11.3 Å². The maximum atomic E-state index is 13.0. The van der Waals surface area contributed by atoms with E-state index >= 15 is 0 Å². The molecule has 8 heteroatoms. The number of hydrogen-bond acceptors (Lipinski definition) is 7. The van der Waals surface area contributed by atoms with Gasteiger partial charge in [-0.2, -0.15) is 0 Å².